The largest absolute Gasteiger partial charge is 0.468 e. The second-order valence-corrected chi connectivity index (χ2v) is 9.70. The van der Waals surface area contributed by atoms with Crippen molar-refractivity contribution in [2.45, 2.75) is 37.6 Å². The average Bonchev–Trinajstić information content (AvgIpc) is 3.37. The number of nitrogens with one attached hydrogen (secondary N) is 2. The van der Waals surface area contributed by atoms with Crippen molar-refractivity contribution in [1.82, 2.24) is 15.1 Å². The van der Waals surface area contributed by atoms with Gasteiger partial charge in [-0.15, -0.1) is 0 Å². The van der Waals surface area contributed by atoms with Crippen LogP contribution in [0.1, 0.15) is 24.5 Å². The molecular formula is C27H29F3N4O5. The van der Waals surface area contributed by atoms with Gasteiger partial charge in [0.25, 0.3) is 0 Å². The highest BCUT2D eigenvalue weighted by atomic mass is 19.4. The number of benzene rings is 2. The number of anilines is 1. The van der Waals surface area contributed by atoms with Crippen molar-refractivity contribution >= 4 is 29.5 Å². The minimum atomic E-state index is -4.50. The Morgan fingerprint density at radius 1 is 1.08 bits per heavy atom. The van der Waals surface area contributed by atoms with Crippen molar-refractivity contribution in [2.75, 3.05) is 26.0 Å². The number of halogens is 3. The molecule has 4 amide bonds. The van der Waals surface area contributed by atoms with Gasteiger partial charge >= 0.3 is 18.2 Å². The van der Waals surface area contributed by atoms with Gasteiger partial charge in [0.15, 0.2) is 0 Å². The molecule has 2 N–H and O–H groups in total. The SMILES string of the molecule is CC[C@@]1(C(=O)OC)N[C@H](CN(C)C(=O)Nc2ccc(C(F)(F)F)cc2)[C@@H]2C(=O)N(Cc3ccccc3)C(=O)[C@@H]21. The number of ether oxygens (including phenoxy) is 1. The lowest BCUT2D eigenvalue weighted by Crippen LogP contribution is -2.58. The third kappa shape index (κ3) is 5.20. The predicted molar refractivity (Wildman–Crippen MR) is 134 cm³/mol. The summed E-state index contributed by atoms with van der Waals surface area (Å²) in [6.45, 7) is 1.69. The number of esters is 1. The van der Waals surface area contributed by atoms with E-state index in [0.29, 0.717) is 0 Å². The van der Waals surface area contributed by atoms with Gasteiger partial charge in [-0.2, -0.15) is 13.2 Å². The van der Waals surface area contributed by atoms with Crippen molar-refractivity contribution in [3.05, 3.63) is 65.7 Å². The Kier molecular flexibility index (Phi) is 7.69. The van der Waals surface area contributed by atoms with Crippen LogP contribution in [-0.4, -0.2) is 65.9 Å². The Labute approximate surface area is 223 Å². The van der Waals surface area contributed by atoms with Crippen molar-refractivity contribution in [3.63, 3.8) is 0 Å². The number of methoxy groups -OCH3 is 1. The Morgan fingerprint density at radius 2 is 1.72 bits per heavy atom. The zero-order chi connectivity index (χ0) is 28.5. The number of carbonyl (C=O) groups excluding carboxylic acids is 4. The lowest BCUT2D eigenvalue weighted by atomic mass is 9.78. The number of likely N-dealkylation sites (N-methyl/N-ethyl adjacent to an activating group) is 1. The van der Waals surface area contributed by atoms with Gasteiger partial charge in [0.1, 0.15) is 5.54 Å². The summed E-state index contributed by atoms with van der Waals surface area (Å²) in [7, 11) is 2.65. The third-order valence-corrected chi connectivity index (χ3v) is 7.42. The Morgan fingerprint density at radius 3 is 2.28 bits per heavy atom. The zero-order valence-electron chi connectivity index (χ0n) is 21.6. The number of likely N-dealkylation sites (tertiary alicyclic amines) is 1. The minimum Gasteiger partial charge on any atom is -0.468 e. The summed E-state index contributed by atoms with van der Waals surface area (Å²) in [4.78, 5) is 55.4. The highest BCUT2D eigenvalue weighted by Crippen LogP contribution is 2.45. The van der Waals surface area contributed by atoms with Crippen LogP contribution in [0.25, 0.3) is 0 Å². The summed E-state index contributed by atoms with van der Waals surface area (Å²) in [5, 5.41) is 5.66. The second-order valence-electron chi connectivity index (χ2n) is 9.70. The van der Waals surface area contributed by atoms with Gasteiger partial charge in [0.2, 0.25) is 11.8 Å². The average molecular weight is 547 g/mol. The van der Waals surface area contributed by atoms with E-state index < -0.39 is 59.0 Å². The molecule has 4 rings (SSSR count). The molecule has 0 spiro atoms. The maximum absolute atomic E-state index is 13.6. The van der Waals surface area contributed by atoms with E-state index in [1.807, 2.05) is 6.07 Å². The molecule has 4 atom stereocenters. The lowest BCUT2D eigenvalue weighted by molar-refractivity contribution is -0.154. The van der Waals surface area contributed by atoms with Gasteiger partial charge in [-0.05, 0) is 36.2 Å². The molecule has 2 aromatic carbocycles. The second kappa shape index (κ2) is 10.7. The summed E-state index contributed by atoms with van der Waals surface area (Å²) < 4.78 is 43.5. The Bertz CT molecular complexity index is 1250. The lowest BCUT2D eigenvalue weighted by Gasteiger charge is -2.32. The maximum atomic E-state index is 13.6. The summed E-state index contributed by atoms with van der Waals surface area (Å²) >= 11 is 0. The van der Waals surface area contributed by atoms with Crippen LogP contribution < -0.4 is 10.6 Å². The molecule has 2 aliphatic heterocycles. The van der Waals surface area contributed by atoms with Gasteiger partial charge in [0, 0.05) is 25.3 Å². The van der Waals surface area contributed by atoms with E-state index >= 15 is 0 Å². The van der Waals surface area contributed by atoms with Crippen molar-refractivity contribution in [1.29, 1.82) is 0 Å². The van der Waals surface area contributed by atoms with Crippen molar-refractivity contribution in [3.8, 4) is 0 Å². The number of urea groups is 1. The summed E-state index contributed by atoms with van der Waals surface area (Å²) in [5.41, 5.74) is -1.42. The summed E-state index contributed by atoms with van der Waals surface area (Å²) in [6, 6.07) is 11.6. The normalized spacial score (nSPS) is 24.5. The monoisotopic (exact) mass is 546 g/mol. The van der Waals surface area contributed by atoms with Gasteiger partial charge in [-0.1, -0.05) is 37.3 Å². The number of amides is 4. The fourth-order valence-electron chi connectivity index (χ4n) is 5.44. The van der Waals surface area contributed by atoms with Gasteiger partial charge < -0.3 is 15.0 Å². The van der Waals surface area contributed by atoms with Crippen LogP contribution in [0.3, 0.4) is 0 Å². The fraction of sp³-hybridized carbons (Fsp3) is 0.407. The van der Waals surface area contributed by atoms with E-state index in [2.05, 4.69) is 10.6 Å². The number of hydrogen-bond donors (Lipinski definition) is 2. The van der Waals surface area contributed by atoms with Crippen molar-refractivity contribution in [2.24, 2.45) is 11.8 Å². The number of imide groups is 1. The number of carbonyl (C=O) groups is 4. The smallest absolute Gasteiger partial charge is 0.416 e. The van der Waals surface area contributed by atoms with Crippen LogP contribution in [0.4, 0.5) is 23.7 Å². The van der Waals surface area contributed by atoms with Crippen LogP contribution in [0, 0.1) is 11.8 Å². The highest BCUT2D eigenvalue weighted by Gasteiger charge is 2.67. The molecule has 12 heteroatoms. The van der Waals surface area contributed by atoms with Crippen LogP contribution in [-0.2, 0) is 31.8 Å². The minimum absolute atomic E-state index is 0.0451. The van der Waals surface area contributed by atoms with Gasteiger partial charge in [-0.3, -0.25) is 24.6 Å². The Balaban J connectivity index is 1.55. The Hall–Kier alpha value is -3.93. The van der Waals surface area contributed by atoms with Gasteiger partial charge in [-0.25, -0.2) is 4.79 Å². The molecule has 0 unspecified atom stereocenters. The third-order valence-electron chi connectivity index (χ3n) is 7.42. The molecule has 208 valence electrons. The van der Waals surface area contributed by atoms with E-state index in [0.717, 1.165) is 34.7 Å². The first kappa shape index (κ1) is 28.1. The van der Waals surface area contributed by atoms with Crippen LogP contribution in [0.15, 0.2) is 54.6 Å². The molecule has 2 heterocycles. The number of alkyl halides is 3. The molecule has 2 aliphatic rings. The van der Waals surface area contributed by atoms with Crippen molar-refractivity contribution < 1.29 is 37.1 Å². The predicted octanol–water partition coefficient (Wildman–Crippen LogP) is 3.26. The van der Waals surface area contributed by atoms with E-state index in [1.165, 1.54) is 19.1 Å². The standard InChI is InChI=1S/C27H29F3N4O5/c1-4-26(24(37)39-3)21-20(22(35)34(23(21)36)14-16-8-6-5-7-9-16)19(32-26)15-33(2)25(38)31-18-12-10-17(11-13-18)27(28,29)30/h5-13,19-21,32H,4,14-15H2,1-3H3,(H,31,38)/t19-,20+,21-,26-/m1/s1. The molecular weight excluding hydrogens is 517 g/mol. The quantitative estimate of drug-likeness (QED) is 0.408. The maximum Gasteiger partial charge on any atom is 0.416 e. The molecule has 9 nitrogen and oxygen atoms in total. The topological polar surface area (TPSA) is 108 Å². The zero-order valence-corrected chi connectivity index (χ0v) is 21.6. The first-order chi connectivity index (χ1) is 18.4. The number of hydrogen-bond acceptors (Lipinski definition) is 6. The highest BCUT2D eigenvalue weighted by molar-refractivity contribution is 6.09. The van der Waals surface area contributed by atoms with Crippen LogP contribution in [0.2, 0.25) is 0 Å². The molecule has 2 aromatic rings. The van der Waals surface area contributed by atoms with Gasteiger partial charge in [0.05, 0.1) is 31.1 Å². The molecule has 0 bridgehead atoms. The first-order valence-electron chi connectivity index (χ1n) is 12.4. The molecule has 0 saturated carbocycles. The molecule has 39 heavy (non-hydrogen) atoms. The molecule has 0 aliphatic carbocycles. The van der Waals surface area contributed by atoms with Crippen LogP contribution >= 0.6 is 0 Å². The number of fused-ring (bicyclic) bond motifs is 1. The molecule has 2 saturated heterocycles. The van der Waals surface area contributed by atoms with E-state index in [4.69, 9.17) is 4.74 Å². The van der Waals surface area contributed by atoms with E-state index in [9.17, 15) is 32.3 Å². The molecule has 0 aromatic heterocycles. The van der Waals surface area contributed by atoms with Crippen LogP contribution in [0.5, 0.6) is 0 Å². The molecule has 0 radical (unpaired) electrons. The summed E-state index contributed by atoms with van der Waals surface area (Å²) in [5.74, 6) is -3.58. The first-order valence-corrected chi connectivity index (χ1v) is 12.4. The number of rotatable bonds is 7. The molecule has 2 fully saturated rings. The van der Waals surface area contributed by atoms with E-state index in [-0.39, 0.29) is 25.2 Å². The van der Waals surface area contributed by atoms with E-state index in [1.54, 1.807) is 31.2 Å². The number of nitrogens with zero attached hydrogens (tertiary/aromatic N) is 2. The fourth-order valence-corrected chi connectivity index (χ4v) is 5.44. The summed E-state index contributed by atoms with van der Waals surface area (Å²) in [6.07, 6.45) is -4.34.